The van der Waals surface area contributed by atoms with E-state index in [1.807, 2.05) is 29.2 Å². The van der Waals surface area contributed by atoms with Gasteiger partial charge in [0.15, 0.2) is 0 Å². The normalized spacial score (nSPS) is 23.6. The fraction of sp³-hybridized carbons (Fsp3) is 0.636. The van der Waals surface area contributed by atoms with E-state index in [-0.39, 0.29) is 23.3 Å². The molecule has 1 atom stereocenters. The largest absolute Gasteiger partial charge is 0.381 e. The minimum Gasteiger partial charge on any atom is -0.381 e. The predicted octanol–water partition coefficient (Wildman–Crippen LogP) is 3.04. The highest BCUT2D eigenvalue weighted by molar-refractivity contribution is 5.91. The summed E-state index contributed by atoms with van der Waals surface area (Å²) in [7, 11) is 0. The molecule has 1 aromatic carbocycles. The standard InChI is InChI=1S/C22H31N3O3/c1-2-17-5-3-4-6-19(17)24-21(27)25-14-18(20(26)23-13-16-7-8-16)22(15-25)9-11-28-12-10-22/h3-6,16,18H,2,7-15H2,1H3,(H,23,26)(H,24,27)/t18-/m0/s1. The van der Waals surface area contributed by atoms with Crippen LogP contribution in [0.25, 0.3) is 0 Å². The van der Waals surface area contributed by atoms with E-state index in [0.29, 0.717) is 32.2 Å². The summed E-state index contributed by atoms with van der Waals surface area (Å²) in [4.78, 5) is 27.8. The van der Waals surface area contributed by atoms with Crippen LogP contribution in [0.5, 0.6) is 0 Å². The van der Waals surface area contributed by atoms with Crippen molar-refractivity contribution in [1.82, 2.24) is 10.2 Å². The summed E-state index contributed by atoms with van der Waals surface area (Å²) in [5.41, 5.74) is 1.82. The minimum absolute atomic E-state index is 0.107. The van der Waals surface area contributed by atoms with Crippen LogP contribution >= 0.6 is 0 Å². The molecule has 2 aliphatic heterocycles. The SMILES string of the molecule is CCc1ccccc1NC(=O)N1C[C@@H](C(=O)NCC2CC2)C2(CCOCC2)C1. The third-order valence-electron chi connectivity index (χ3n) is 6.64. The van der Waals surface area contributed by atoms with Crippen molar-refractivity contribution in [1.29, 1.82) is 0 Å². The summed E-state index contributed by atoms with van der Waals surface area (Å²) in [5, 5.41) is 6.22. The number of rotatable bonds is 5. The van der Waals surface area contributed by atoms with Gasteiger partial charge in [-0.2, -0.15) is 0 Å². The van der Waals surface area contributed by atoms with E-state index in [1.54, 1.807) is 0 Å². The van der Waals surface area contributed by atoms with Gasteiger partial charge in [-0.15, -0.1) is 0 Å². The van der Waals surface area contributed by atoms with Gasteiger partial charge >= 0.3 is 6.03 Å². The van der Waals surface area contributed by atoms with Crippen LogP contribution in [-0.4, -0.2) is 49.7 Å². The molecule has 0 radical (unpaired) electrons. The monoisotopic (exact) mass is 385 g/mol. The van der Waals surface area contributed by atoms with Crippen molar-refractivity contribution in [2.45, 2.75) is 39.0 Å². The number of likely N-dealkylation sites (tertiary alicyclic amines) is 1. The van der Waals surface area contributed by atoms with Crippen molar-refractivity contribution in [3.8, 4) is 0 Å². The summed E-state index contributed by atoms with van der Waals surface area (Å²) >= 11 is 0. The lowest BCUT2D eigenvalue weighted by molar-refractivity contribution is -0.129. The molecule has 152 valence electrons. The van der Waals surface area contributed by atoms with Crippen LogP contribution in [0.2, 0.25) is 0 Å². The van der Waals surface area contributed by atoms with E-state index in [4.69, 9.17) is 4.74 Å². The van der Waals surface area contributed by atoms with Gasteiger partial charge in [-0.25, -0.2) is 4.79 Å². The highest BCUT2D eigenvalue weighted by Crippen LogP contribution is 2.44. The van der Waals surface area contributed by atoms with Gasteiger partial charge in [0.2, 0.25) is 5.91 Å². The first-order chi connectivity index (χ1) is 13.6. The Bertz CT molecular complexity index is 725. The van der Waals surface area contributed by atoms with Crippen molar-refractivity contribution >= 4 is 17.6 Å². The molecule has 3 fully saturated rings. The van der Waals surface area contributed by atoms with Crippen LogP contribution in [0.1, 0.15) is 38.2 Å². The van der Waals surface area contributed by atoms with E-state index >= 15 is 0 Å². The summed E-state index contributed by atoms with van der Waals surface area (Å²) in [5.74, 6) is 0.612. The molecule has 2 saturated heterocycles. The first-order valence-electron chi connectivity index (χ1n) is 10.6. The van der Waals surface area contributed by atoms with Crippen LogP contribution in [0.4, 0.5) is 10.5 Å². The molecule has 28 heavy (non-hydrogen) atoms. The Balaban J connectivity index is 1.47. The molecule has 0 aromatic heterocycles. The van der Waals surface area contributed by atoms with Crippen LogP contribution in [0.15, 0.2) is 24.3 Å². The second kappa shape index (κ2) is 8.11. The molecule has 3 aliphatic rings. The average molecular weight is 386 g/mol. The Hall–Kier alpha value is -2.08. The van der Waals surface area contributed by atoms with Crippen molar-refractivity contribution < 1.29 is 14.3 Å². The summed E-state index contributed by atoms with van der Waals surface area (Å²) in [6.45, 7) is 5.30. The van der Waals surface area contributed by atoms with Crippen LogP contribution in [0.3, 0.4) is 0 Å². The molecule has 2 heterocycles. The highest BCUT2D eigenvalue weighted by Gasteiger charge is 2.51. The first-order valence-corrected chi connectivity index (χ1v) is 10.6. The Labute approximate surface area is 167 Å². The number of hydrogen-bond acceptors (Lipinski definition) is 3. The summed E-state index contributed by atoms with van der Waals surface area (Å²) in [6, 6.07) is 7.79. The maximum absolute atomic E-state index is 13.0. The lowest BCUT2D eigenvalue weighted by atomic mass is 9.72. The number of anilines is 1. The highest BCUT2D eigenvalue weighted by atomic mass is 16.5. The third-order valence-corrected chi connectivity index (χ3v) is 6.64. The molecule has 4 rings (SSSR count). The number of hydrogen-bond donors (Lipinski definition) is 2. The van der Waals surface area contributed by atoms with E-state index in [2.05, 4.69) is 17.6 Å². The van der Waals surface area contributed by atoms with Gasteiger partial charge < -0.3 is 20.3 Å². The zero-order valence-corrected chi connectivity index (χ0v) is 16.7. The molecule has 1 saturated carbocycles. The third kappa shape index (κ3) is 4.02. The molecule has 0 unspecified atom stereocenters. The van der Waals surface area contributed by atoms with E-state index in [0.717, 1.165) is 37.1 Å². The maximum atomic E-state index is 13.0. The van der Waals surface area contributed by atoms with Gasteiger partial charge in [0.1, 0.15) is 0 Å². The average Bonchev–Trinajstić information content (AvgIpc) is 3.48. The number of para-hydroxylation sites is 1. The number of amides is 3. The van der Waals surface area contributed by atoms with Crippen molar-refractivity contribution in [3.05, 3.63) is 29.8 Å². The van der Waals surface area contributed by atoms with Gasteiger partial charge in [-0.1, -0.05) is 25.1 Å². The lowest BCUT2D eigenvalue weighted by Crippen LogP contribution is -2.44. The Morgan fingerprint density at radius 3 is 2.68 bits per heavy atom. The predicted molar refractivity (Wildman–Crippen MR) is 108 cm³/mol. The summed E-state index contributed by atoms with van der Waals surface area (Å²) in [6.07, 6.45) is 4.97. The Kier molecular flexibility index (Phi) is 5.58. The first kappa shape index (κ1) is 19.2. The van der Waals surface area contributed by atoms with E-state index in [1.165, 1.54) is 12.8 Å². The number of aryl methyl sites for hydroxylation is 1. The number of urea groups is 1. The number of carbonyl (C=O) groups is 2. The number of nitrogens with zero attached hydrogens (tertiary/aromatic N) is 1. The second-order valence-electron chi connectivity index (χ2n) is 8.54. The van der Waals surface area contributed by atoms with Gasteiger partial charge in [0.05, 0.1) is 5.92 Å². The molecular weight excluding hydrogens is 354 g/mol. The fourth-order valence-corrected chi connectivity index (χ4v) is 4.60. The molecule has 1 aromatic rings. The van der Waals surface area contributed by atoms with Crippen molar-refractivity contribution in [2.24, 2.45) is 17.3 Å². The quantitative estimate of drug-likeness (QED) is 0.818. The molecule has 6 nitrogen and oxygen atoms in total. The molecule has 1 aliphatic carbocycles. The molecule has 2 N–H and O–H groups in total. The topological polar surface area (TPSA) is 70.7 Å². The number of ether oxygens (including phenoxy) is 1. The minimum atomic E-state index is -0.159. The second-order valence-corrected chi connectivity index (χ2v) is 8.54. The number of nitrogens with one attached hydrogen (secondary N) is 2. The van der Waals surface area contributed by atoms with Crippen LogP contribution in [-0.2, 0) is 16.0 Å². The Morgan fingerprint density at radius 1 is 1.21 bits per heavy atom. The van der Waals surface area contributed by atoms with Gasteiger partial charge in [0.25, 0.3) is 0 Å². The van der Waals surface area contributed by atoms with Crippen molar-refractivity contribution in [3.63, 3.8) is 0 Å². The van der Waals surface area contributed by atoms with Gasteiger partial charge in [-0.05, 0) is 49.7 Å². The molecule has 1 spiro atoms. The van der Waals surface area contributed by atoms with E-state index < -0.39 is 0 Å². The Morgan fingerprint density at radius 2 is 1.96 bits per heavy atom. The van der Waals surface area contributed by atoms with Gasteiger partial charge in [-0.3, -0.25) is 4.79 Å². The zero-order chi connectivity index (χ0) is 19.6. The maximum Gasteiger partial charge on any atom is 0.321 e. The smallest absolute Gasteiger partial charge is 0.321 e. The zero-order valence-electron chi connectivity index (χ0n) is 16.7. The molecule has 6 heteroatoms. The lowest BCUT2D eigenvalue weighted by Gasteiger charge is -2.37. The summed E-state index contributed by atoms with van der Waals surface area (Å²) < 4.78 is 5.56. The van der Waals surface area contributed by atoms with Crippen molar-refractivity contribution in [2.75, 3.05) is 38.2 Å². The molecular formula is C22H31N3O3. The number of benzene rings is 1. The van der Waals surface area contributed by atoms with E-state index in [9.17, 15) is 9.59 Å². The van der Waals surface area contributed by atoms with Gasteiger partial charge in [0, 0.05) is 44.0 Å². The molecule has 3 amide bonds. The molecule has 0 bridgehead atoms. The number of carbonyl (C=O) groups excluding carboxylic acids is 2. The fourth-order valence-electron chi connectivity index (χ4n) is 4.60. The van der Waals surface area contributed by atoms with Crippen LogP contribution in [0, 0.1) is 17.3 Å². The van der Waals surface area contributed by atoms with Crippen LogP contribution < -0.4 is 10.6 Å².